The number of hydrogen-bond acceptors (Lipinski definition) is 2. The van der Waals surface area contributed by atoms with Crippen LogP contribution in [0.2, 0.25) is 5.02 Å². The van der Waals surface area contributed by atoms with Crippen molar-refractivity contribution in [2.45, 2.75) is 25.5 Å². The summed E-state index contributed by atoms with van der Waals surface area (Å²) >= 11 is 5.91. The number of rotatable bonds is 4. The van der Waals surface area contributed by atoms with Crippen molar-refractivity contribution in [3.05, 3.63) is 58.9 Å². The highest BCUT2D eigenvalue weighted by atomic mass is 35.5. The molecule has 0 radical (unpaired) electrons. The average Bonchev–Trinajstić information content (AvgIpc) is 2.93. The molecular formula is C18H23ClN2O. The summed E-state index contributed by atoms with van der Waals surface area (Å²) in [4.78, 5) is 2.47. The van der Waals surface area contributed by atoms with Gasteiger partial charge in [-0.25, -0.2) is 0 Å². The summed E-state index contributed by atoms with van der Waals surface area (Å²) in [6.07, 6.45) is 5.96. The van der Waals surface area contributed by atoms with Gasteiger partial charge in [-0.15, -0.1) is 0 Å². The van der Waals surface area contributed by atoms with Gasteiger partial charge in [0.1, 0.15) is 0 Å². The Bertz CT molecular complexity index is 600. The molecule has 3 rings (SSSR count). The Hall–Kier alpha value is -1.29. The summed E-state index contributed by atoms with van der Waals surface area (Å²) in [7, 11) is 2.05. The Morgan fingerprint density at radius 1 is 1.18 bits per heavy atom. The summed E-state index contributed by atoms with van der Waals surface area (Å²) in [5.74, 6) is 0.341. The third-order valence-electron chi connectivity index (χ3n) is 4.59. The summed E-state index contributed by atoms with van der Waals surface area (Å²) in [5.41, 5.74) is 2.34. The highest BCUT2D eigenvalue weighted by molar-refractivity contribution is 6.30. The minimum Gasteiger partial charge on any atom is -0.388 e. The van der Waals surface area contributed by atoms with Crippen LogP contribution in [0.4, 0.5) is 0 Å². The van der Waals surface area contributed by atoms with E-state index in [1.165, 1.54) is 5.56 Å². The molecule has 0 spiro atoms. The first-order valence-corrected chi connectivity index (χ1v) is 8.26. The quantitative estimate of drug-likeness (QED) is 0.932. The second kappa shape index (κ2) is 6.86. The molecule has 3 nitrogen and oxygen atoms in total. The van der Waals surface area contributed by atoms with Gasteiger partial charge in [0.15, 0.2) is 0 Å². The molecule has 1 unspecified atom stereocenters. The molecule has 1 aliphatic rings. The smallest absolute Gasteiger partial charge is 0.0819 e. The summed E-state index contributed by atoms with van der Waals surface area (Å²) in [6, 6.07) is 9.75. The van der Waals surface area contributed by atoms with E-state index in [4.69, 9.17) is 11.6 Å². The van der Waals surface area contributed by atoms with Gasteiger partial charge in [0.2, 0.25) is 0 Å². The van der Waals surface area contributed by atoms with E-state index in [2.05, 4.69) is 35.0 Å². The highest BCUT2D eigenvalue weighted by Gasteiger charge is 2.26. The Balaban J connectivity index is 1.53. The standard InChI is InChI=1S/C18H23ClN2O/c1-20-9-6-14(12-20)13-21-10-7-16(8-11-21)18(22)15-2-4-17(19)5-3-15/h2-6,9,12,16,18,22H,7-8,10-11,13H2,1H3. The zero-order chi connectivity index (χ0) is 15.5. The van der Waals surface area contributed by atoms with Gasteiger partial charge in [0.25, 0.3) is 0 Å². The number of benzene rings is 1. The van der Waals surface area contributed by atoms with E-state index in [9.17, 15) is 5.11 Å². The van der Waals surface area contributed by atoms with Gasteiger partial charge < -0.3 is 9.67 Å². The number of aryl methyl sites for hydroxylation is 1. The lowest BCUT2D eigenvalue weighted by molar-refractivity contribution is 0.0568. The largest absolute Gasteiger partial charge is 0.388 e. The molecule has 118 valence electrons. The molecule has 1 saturated heterocycles. The van der Waals surface area contributed by atoms with Crippen LogP contribution in [0, 0.1) is 5.92 Å². The first kappa shape index (κ1) is 15.6. The maximum absolute atomic E-state index is 10.6. The molecule has 1 aliphatic heterocycles. The van der Waals surface area contributed by atoms with Crippen LogP contribution in [-0.2, 0) is 13.6 Å². The van der Waals surface area contributed by atoms with Crippen LogP contribution in [0.3, 0.4) is 0 Å². The molecule has 22 heavy (non-hydrogen) atoms. The van der Waals surface area contributed by atoms with Crippen LogP contribution in [-0.4, -0.2) is 27.7 Å². The van der Waals surface area contributed by atoms with E-state index in [0.29, 0.717) is 10.9 Å². The van der Waals surface area contributed by atoms with Crippen molar-refractivity contribution in [3.63, 3.8) is 0 Å². The van der Waals surface area contributed by atoms with Crippen molar-refractivity contribution >= 4 is 11.6 Å². The molecule has 2 aromatic rings. The minimum absolute atomic E-state index is 0.341. The lowest BCUT2D eigenvalue weighted by atomic mass is 9.87. The number of aromatic nitrogens is 1. The molecule has 1 aromatic heterocycles. The number of aliphatic hydroxyl groups is 1. The number of aliphatic hydroxyl groups excluding tert-OH is 1. The molecule has 0 aliphatic carbocycles. The van der Waals surface area contributed by atoms with E-state index in [1.54, 1.807) is 0 Å². The molecule has 0 saturated carbocycles. The predicted octanol–water partition coefficient (Wildman–Crippen LogP) is 3.62. The van der Waals surface area contributed by atoms with Crippen LogP contribution in [0.15, 0.2) is 42.7 Å². The van der Waals surface area contributed by atoms with E-state index >= 15 is 0 Å². The maximum Gasteiger partial charge on any atom is 0.0819 e. The third-order valence-corrected chi connectivity index (χ3v) is 4.84. The fourth-order valence-electron chi connectivity index (χ4n) is 3.27. The Morgan fingerprint density at radius 2 is 1.86 bits per heavy atom. The number of hydrogen-bond donors (Lipinski definition) is 1. The zero-order valence-corrected chi connectivity index (χ0v) is 13.7. The first-order chi connectivity index (χ1) is 10.6. The second-order valence-corrected chi connectivity index (χ2v) is 6.73. The van der Waals surface area contributed by atoms with Crippen molar-refractivity contribution in [1.82, 2.24) is 9.47 Å². The zero-order valence-electron chi connectivity index (χ0n) is 13.0. The topological polar surface area (TPSA) is 28.4 Å². The molecule has 4 heteroatoms. The fraction of sp³-hybridized carbons (Fsp3) is 0.444. The van der Waals surface area contributed by atoms with Gasteiger partial charge >= 0.3 is 0 Å². The normalized spacial score (nSPS) is 18.5. The van der Waals surface area contributed by atoms with Crippen molar-refractivity contribution in [1.29, 1.82) is 0 Å². The highest BCUT2D eigenvalue weighted by Crippen LogP contribution is 2.31. The molecule has 2 heterocycles. The van der Waals surface area contributed by atoms with Gasteiger partial charge in [-0.2, -0.15) is 0 Å². The lowest BCUT2D eigenvalue weighted by Gasteiger charge is -2.34. The van der Waals surface area contributed by atoms with Gasteiger partial charge in [0.05, 0.1) is 6.10 Å². The lowest BCUT2D eigenvalue weighted by Crippen LogP contribution is -2.35. The van der Waals surface area contributed by atoms with E-state index < -0.39 is 0 Å². The molecule has 1 N–H and O–H groups in total. The van der Waals surface area contributed by atoms with Crippen molar-refractivity contribution in [2.24, 2.45) is 13.0 Å². The SMILES string of the molecule is Cn1ccc(CN2CCC(C(O)c3ccc(Cl)cc3)CC2)c1. The Morgan fingerprint density at radius 3 is 2.45 bits per heavy atom. The first-order valence-electron chi connectivity index (χ1n) is 7.88. The van der Waals surface area contributed by atoms with E-state index in [1.807, 2.05) is 24.3 Å². The fourth-order valence-corrected chi connectivity index (χ4v) is 3.40. The molecule has 1 aromatic carbocycles. The van der Waals surface area contributed by atoms with Crippen LogP contribution >= 0.6 is 11.6 Å². The molecule has 0 bridgehead atoms. The summed E-state index contributed by atoms with van der Waals surface area (Å²) < 4.78 is 2.09. The minimum atomic E-state index is -0.379. The second-order valence-electron chi connectivity index (χ2n) is 6.30. The van der Waals surface area contributed by atoms with Crippen LogP contribution in [0.5, 0.6) is 0 Å². The molecule has 0 amide bonds. The van der Waals surface area contributed by atoms with Crippen molar-refractivity contribution in [2.75, 3.05) is 13.1 Å². The van der Waals surface area contributed by atoms with Crippen LogP contribution in [0.1, 0.15) is 30.1 Å². The Kier molecular flexibility index (Phi) is 4.87. The molecule has 1 atom stereocenters. The monoisotopic (exact) mass is 318 g/mol. The van der Waals surface area contributed by atoms with Crippen LogP contribution < -0.4 is 0 Å². The van der Waals surface area contributed by atoms with Crippen LogP contribution in [0.25, 0.3) is 0 Å². The van der Waals surface area contributed by atoms with Crippen molar-refractivity contribution < 1.29 is 5.11 Å². The van der Waals surface area contributed by atoms with E-state index in [-0.39, 0.29) is 6.10 Å². The molecule has 1 fully saturated rings. The summed E-state index contributed by atoms with van der Waals surface area (Å²) in [5, 5.41) is 11.3. The van der Waals surface area contributed by atoms with Crippen molar-refractivity contribution in [3.8, 4) is 0 Å². The number of likely N-dealkylation sites (tertiary alicyclic amines) is 1. The molecular weight excluding hydrogens is 296 g/mol. The van der Waals surface area contributed by atoms with E-state index in [0.717, 1.165) is 38.0 Å². The number of halogens is 1. The number of piperidine rings is 1. The van der Waals surface area contributed by atoms with Gasteiger partial charge in [-0.1, -0.05) is 23.7 Å². The average molecular weight is 319 g/mol. The third kappa shape index (κ3) is 3.72. The Labute approximate surface area is 137 Å². The number of nitrogens with zero attached hydrogens (tertiary/aromatic N) is 2. The van der Waals surface area contributed by atoms with Gasteiger partial charge in [-0.3, -0.25) is 4.90 Å². The van der Waals surface area contributed by atoms with Gasteiger partial charge in [-0.05, 0) is 61.2 Å². The predicted molar refractivity (Wildman–Crippen MR) is 89.8 cm³/mol. The summed E-state index contributed by atoms with van der Waals surface area (Å²) in [6.45, 7) is 3.10. The maximum atomic E-state index is 10.6. The van der Waals surface area contributed by atoms with Gasteiger partial charge in [0, 0.05) is 31.0 Å².